The molecule has 3 heteroatoms. The lowest BCUT2D eigenvalue weighted by molar-refractivity contribution is 0.380. The second-order valence-corrected chi connectivity index (χ2v) is 4.94. The Morgan fingerprint density at radius 3 is 2.63 bits per heavy atom. The minimum absolute atomic E-state index is 0.247. The average molecular weight is 267 g/mol. The third-order valence-electron chi connectivity index (χ3n) is 3.39. The first-order valence-corrected chi connectivity index (χ1v) is 7.27. The summed E-state index contributed by atoms with van der Waals surface area (Å²) in [6.45, 7) is 4.95. The number of rotatable bonds is 9. The van der Waals surface area contributed by atoms with E-state index in [4.69, 9.17) is 4.74 Å². The van der Waals surface area contributed by atoms with E-state index in [0.717, 1.165) is 19.3 Å². The van der Waals surface area contributed by atoms with Gasteiger partial charge in [-0.2, -0.15) is 0 Å². The second-order valence-electron chi connectivity index (χ2n) is 4.94. The highest BCUT2D eigenvalue weighted by molar-refractivity contribution is 5.30. The van der Waals surface area contributed by atoms with Crippen LogP contribution in [0.15, 0.2) is 18.2 Å². The van der Waals surface area contributed by atoms with Gasteiger partial charge in [0.2, 0.25) is 0 Å². The zero-order valence-corrected chi connectivity index (χ0v) is 12.3. The molecule has 0 spiro atoms. The molecular formula is C16H26FNO. The maximum Gasteiger partial charge on any atom is 0.169 e. The second kappa shape index (κ2) is 8.92. The summed E-state index contributed by atoms with van der Waals surface area (Å²) in [5.41, 5.74) is 0.678. The summed E-state index contributed by atoms with van der Waals surface area (Å²) in [6, 6.07) is 5.78. The highest BCUT2D eigenvalue weighted by Crippen LogP contribution is 2.20. The Labute approximate surface area is 116 Å². The maximum absolute atomic E-state index is 14.0. The number of hydrogen-bond acceptors (Lipinski definition) is 2. The van der Waals surface area contributed by atoms with Gasteiger partial charge in [0.15, 0.2) is 11.6 Å². The third-order valence-corrected chi connectivity index (χ3v) is 3.39. The molecule has 0 saturated heterocycles. The molecule has 108 valence electrons. The van der Waals surface area contributed by atoms with Crippen molar-refractivity contribution in [2.75, 3.05) is 7.11 Å². The molecule has 0 radical (unpaired) electrons. The van der Waals surface area contributed by atoms with E-state index < -0.39 is 0 Å². The summed E-state index contributed by atoms with van der Waals surface area (Å²) in [4.78, 5) is 0. The van der Waals surface area contributed by atoms with Gasteiger partial charge in [-0.15, -0.1) is 0 Å². The quantitative estimate of drug-likeness (QED) is 0.721. The van der Waals surface area contributed by atoms with E-state index in [2.05, 4.69) is 19.2 Å². The molecule has 1 N–H and O–H groups in total. The Kier molecular flexibility index (Phi) is 7.49. The van der Waals surface area contributed by atoms with Crippen LogP contribution in [0.1, 0.15) is 51.5 Å². The Morgan fingerprint density at radius 1 is 1.21 bits per heavy atom. The van der Waals surface area contributed by atoms with Crippen LogP contribution in [0.2, 0.25) is 0 Å². The molecule has 1 aromatic carbocycles. The number of benzene rings is 1. The van der Waals surface area contributed by atoms with E-state index in [1.807, 2.05) is 12.1 Å². The molecule has 1 aromatic rings. The minimum Gasteiger partial charge on any atom is -0.494 e. The normalized spacial score (nSPS) is 12.4. The van der Waals surface area contributed by atoms with Crippen LogP contribution in [0.25, 0.3) is 0 Å². The van der Waals surface area contributed by atoms with E-state index in [1.54, 1.807) is 6.07 Å². The van der Waals surface area contributed by atoms with E-state index in [9.17, 15) is 4.39 Å². The largest absolute Gasteiger partial charge is 0.494 e. The number of hydrogen-bond donors (Lipinski definition) is 1. The van der Waals surface area contributed by atoms with Gasteiger partial charge in [0.05, 0.1) is 7.11 Å². The molecule has 0 heterocycles. The van der Waals surface area contributed by atoms with Crippen molar-refractivity contribution in [2.45, 2.75) is 58.5 Å². The smallest absolute Gasteiger partial charge is 0.169 e. The summed E-state index contributed by atoms with van der Waals surface area (Å²) in [6.07, 6.45) is 5.89. The fourth-order valence-electron chi connectivity index (χ4n) is 2.25. The number of methoxy groups -OCH3 is 1. The zero-order valence-electron chi connectivity index (χ0n) is 12.3. The van der Waals surface area contributed by atoms with Crippen LogP contribution < -0.4 is 10.1 Å². The van der Waals surface area contributed by atoms with Gasteiger partial charge in [-0.3, -0.25) is 0 Å². The van der Waals surface area contributed by atoms with Gasteiger partial charge >= 0.3 is 0 Å². The van der Waals surface area contributed by atoms with Gasteiger partial charge < -0.3 is 10.1 Å². The fourth-order valence-corrected chi connectivity index (χ4v) is 2.25. The first-order chi connectivity index (χ1) is 9.22. The molecule has 0 saturated carbocycles. The van der Waals surface area contributed by atoms with Crippen molar-refractivity contribution in [2.24, 2.45) is 0 Å². The van der Waals surface area contributed by atoms with E-state index >= 15 is 0 Å². The van der Waals surface area contributed by atoms with E-state index in [0.29, 0.717) is 23.9 Å². The first kappa shape index (κ1) is 16.0. The van der Waals surface area contributed by atoms with Crippen molar-refractivity contribution < 1.29 is 9.13 Å². The molecule has 19 heavy (non-hydrogen) atoms. The Hall–Kier alpha value is -1.09. The molecule has 0 fully saturated rings. The summed E-state index contributed by atoms with van der Waals surface area (Å²) in [7, 11) is 1.50. The van der Waals surface area contributed by atoms with E-state index in [-0.39, 0.29) is 5.82 Å². The van der Waals surface area contributed by atoms with Gasteiger partial charge in [-0.25, -0.2) is 4.39 Å². The summed E-state index contributed by atoms with van der Waals surface area (Å²) in [5.74, 6) is 0.0724. The molecule has 0 aliphatic rings. The SMILES string of the molecule is CCCCC(CCC)NCc1cccc(OC)c1F. The Bertz CT molecular complexity index is 368. The monoisotopic (exact) mass is 267 g/mol. The fraction of sp³-hybridized carbons (Fsp3) is 0.625. The third kappa shape index (κ3) is 5.19. The summed E-state index contributed by atoms with van der Waals surface area (Å²) < 4.78 is 19.0. The predicted molar refractivity (Wildman–Crippen MR) is 78.0 cm³/mol. The van der Waals surface area contributed by atoms with Crippen molar-refractivity contribution >= 4 is 0 Å². The van der Waals surface area contributed by atoms with Crippen molar-refractivity contribution in [3.8, 4) is 5.75 Å². The van der Waals surface area contributed by atoms with Gasteiger partial charge in [0, 0.05) is 18.2 Å². The topological polar surface area (TPSA) is 21.3 Å². The number of nitrogens with one attached hydrogen (secondary N) is 1. The van der Waals surface area contributed by atoms with E-state index in [1.165, 1.54) is 20.0 Å². The predicted octanol–water partition coefficient (Wildman–Crippen LogP) is 4.28. The minimum atomic E-state index is -0.247. The van der Waals surface area contributed by atoms with Crippen LogP contribution in [0.3, 0.4) is 0 Å². The van der Waals surface area contributed by atoms with Crippen LogP contribution in [0, 0.1) is 5.82 Å². The molecule has 0 aliphatic carbocycles. The van der Waals surface area contributed by atoms with Crippen molar-refractivity contribution in [1.82, 2.24) is 5.32 Å². The van der Waals surface area contributed by atoms with Crippen LogP contribution in [-0.4, -0.2) is 13.2 Å². The van der Waals surface area contributed by atoms with Crippen molar-refractivity contribution in [3.05, 3.63) is 29.6 Å². The molecule has 1 unspecified atom stereocenters. The molecule has 0 bridgehead atoms. The van der Waals surface area contributed by atoms with Gasteiger partial charge in [-0.1, -0.05) is 45.2 Å². The van der Waals surface area contributed by atoms with Gasteiger partial charge in [-0.05, 0) is 18.9 Å². The lowest BCUT2D eigenvalue weighted by Crippen LogP contribution is -2.28. The summed E-state index contributed by atoms with van der Waals surface area (Å²) >= 11 is 0. The van der Waals surface area contributed by atoms with Crippen LogP contribution in [0.5, 0.6) is 5.75 Å². The molecule has 0 aromatic heterocycles. The zero-order chi connectivity index (χ0) is 14.1. The molecule has 1 rings (SSSR count). The van der Waals surface area contributed by atoms with Crippen molar-refractivity contribution in [3.63, 3.8) is 0 Å². The standard InChI is InChI=1S/C16H26FNO/c1-4-6-10-14(8-5-2)18-12-13-9-7-11-15(19-3)16(13)17/h7,9,11,14,18H,4-6,8,10,12H2,1-3H3. The van der Waals surface area contributed by atoms with Gasteiger partial charge in [0.1, 0.15) is 0 Å². The Morgan fingerprint density at radius 2 is 2.00 bits per heavy atom. The lowest BCUT2D eigenvalue weighted by Gasteiger charge is -2.18. The Balaban J connectivity index is 2.58. The van der Waals surface area contributed by atoms with Crippen LogP contribution >= 0.6 is 0 Å². The molecule has 0 amide bonds. The lowest BCUT2D eigenvalue weighted by atomic mass is 10.0. The number of halogens is 1. The molecule has 1 atom stereocenters. The molecule has 0 aliphatic heterocycles. The van der Waals surface area contributed by atoms with Crippen LogP contribution in [0.4, 0.5) is 4.39 Å². The van der Waals surface area contributed by atoms with Gasteiger partial charge in [0.25, 0.3) is 0 Å². The average Bonchev–Trinajstić information content (AvgIpc) is 2.43. The highest BCUT2D eigenvalue weighted by atomic mass is 19.1. The summed E-state index contributed by atoms with van der Waals surface area (Å²) in [5, 5.41) is 3.47. The molecule has 2 nitrogen and oxygen atoms in total. The van der Waals surface area contributed by atoms with Crippen LogP contribution in [-0.2, 0) is 6.54 Å². The first-order valence-electron chi connectivity index (χ1n) is 7.27. The van der Waals surface area contributed by atoms with Crippen molar-refractivity contribution in [1.29, 1.82) is 0 Å². The number of unbranched alkanes of at least 4 members (excludes halogenated alkanes) is 1. The number of ether oxygens (including phenoxy) is 1. The molecular weight excluding hydrogens is 241 g/mol. The highest BCUT2D eigenvalue weighted by Gasteiger charge is 2.11. The maximum atomic E-state index is 14.0.